The largest absolute Gasteiger partial charge is 0.148 e. The maximum Gasteiger partial charge on any atom is 0.0387 e. The molecule has 1 atom stereocenters. The van der Waals surface area contributed by atoms with E-state index < -0.39 is 0 Å². The Morgan fingerprint density at radius 1 is 1.50 bits per heavy atom. The second-order valence-corrected chi connectivity index (χ2v) is 6.95. The van der Waals surface area contributed by atoms with Crippen molar-refractivity contribution in [1.29, 1.82) is 0 Å². The Labute approximate surface area is 104 Å². The van der Waals surface area contributed by atoms with Crippen molar-refractivity contribution in [2.24, 2.45) is 5.41 Å². The first kappa shape index (κ1) is 12.5. The van der Waals surface area contributed by atoms with E-state index in [9.17, 15) is 0 Å². The average Bonchev–Trinajstić information content (AvgIpc) is 2.45. The van der Waals surface area contributed by atoms with Gasteiger partial charge < -0.3 is 0 Å². The molecule has 0 saturated carbocycles. The monoisotopic (exact) mass is 294 g/mol. The van der Waals surface area contributed by atoms with E-state index in [-0.39, 0.29) is 10.8 Å². The Morgan fingerprint density at radius 2 is 2.14 bits per heavy atom. The smallest absolute Gasteiger partial charge is 0.0387 e. The molecule has 1 unspecified atom stereocenters. The zero-order valence-corrected chi connectivity index (χ0v) is 12.0. The number of hydrogen-bond acceptors (Lipinski definition) is 1. The summed E-state index contributed by atoms with van der Waals surface area (Å²) in [5.41, 5.74) is 0.200. The average molecular weight is 296 g/mol. The third-order valence-electron chi connectivity index (χ3n) is 2.26. The molecule has 1 heterocycles. The van der Waals surface area contributed by atoms with Crippen molar-refractivity contribution in [3.8, 4) is 0 Å². The molecule has 0 aromatic carbocycles. The van der Waals surface area contributed by atoms with Crippen LogP contribution >= 0.6 is 38.9 Å². The van der Waals surface area contributed by atoms with Gasteiger partial charge in [-0.15, -0.1) is 22.9 Å². The summed E-state index contributed by atoms with van der Waals surface area (Å²) in [6.07, 6.45) is 2.12. The minimum Gasteiger partial charge on any atom is -0.148 e. The molecule has 1 rings (SSSR count). The topological polar surface area (TPSA) is 0 Å². The van der Waals surface area contributed by atoms with Crippen molar-refractivity contribution < 1.29 is 0 Å². The molecule has 0 fully saturated rings. The van der Waals surface area contributed by atoms with E-state index in [0.29, 0.717) is 0 Å². The lowest BCUT2D eigenvalue weighted by Gasteiger charge is -2.24. The van der Waals surface area contributed by atoms with Gasteiger partial charge in [0.1, 0.15) is 0 Å². The summed E-state index contributed by atoms with van der Waals surface area (Å²) in [5, 5.41) is 2.36. The van der Waals surface area contributed by atoms with Crippen molar-refractivity contribution in [2.75, 3.05) is 0 Å². The lowest BCUT2D eigenvalue weighted by Crippen LogP contribution is -2.21. The van der Waals surface area contributed by atoms with E-state index in [2.05, 4.69) is 48.1 Å². The second-order valence-electron chi connectivity index (χ2n) is 4.56. The number of aryl methyl sites for hydroxylation is 1. The van der Waals surface area contributed by atoms with Crippen molar-refractivity contribution >= 4 is 38.9 Å². The van der Waals surface area contributed by atoms with Gasteiger partial charge in [-0.05, 0) is 45.6 Å². The van der Waals surface area contributed by atoms with E-state index in [4.69, 9.17) is 11.6 Å². The first-order valence-corrected chi connectivity index (χ1v) is 6.88. The van der Waals surface area contributed by atoms with E-state index in [1.165, 1.54) is 9.35 Å². The molecule has 0 spiro atoms. The molecule has 0 saturated heterocycles. The molecule has 80 valence electrons. The van der Waals surface area contributed by atoms with Crippen LogP contribution in [0.4, 0.5) is 0 Å². The zero-order chi connectivity index (χ0) is 10.8. The maximum absolute atomic E-state index is 6.32. The summed E-state index contributed by atoms with van der Waals surface area (Å²) in [6, 6.07) is 2.10. The van der Waals surface area contributed by atoms with Crippen LogP contribution < -0.4 is 0 Å². The number of rotatable bonds is 3. The molecule has 0 aliphatic heterocycles. The summed E-state index contributed by atoms with van der Waals surface area (Å²) >= 11 is 11.6. The number of alkyl halides is 1. The van der Waals surface area contributed by atoms with Gasteiger partial charge in [-0.3, -0.25) is 0 Å². The van der Waals surface area contributed by atoms with Gasteiger partial charge >= 0.3 is 0 Å². The number of thiophene rings is 1. The van der Waals surface area contributed by atoms with Gasteiger partial charge in [0.25, 0.3) is 0 Å². The highest BCUT2D eigenvalue weighted by molar-refractivity contribution is 9.10. The lowest BCUT2D eigenvalue weighted by atomic mass is 9.89. The van der Waals surface area contributed by atoms with Crippen LogP contribution in [0.25, 0.3) is 0 Å². The van der Waals surface area contributed by atoms with Gasteiger partial charge in [-0.1, -0.05) is 20.8 Å². The van der Waals surface area contributed by atoms with E-state index >= 15 is 0 Å². The number of hydrogen-bond donors (Lipinski definition) is 0. The summed E-state index contributed by atoms with van der Waals surface area (Å²) in [4.78, 5) is 1.40. The van der Waals surface area contributed by atoms with E-state index in [1.807, 2.05) is 0 Å². The molecule has 0 aliphatic carbocycles. The normalized spacial score (nSPS) is 14.4. The Morgan fingerprint density at radius 3 is 2.57 bits per heavy atom. The highest BCUT2D eigenvalue weighted by atomic mass is 79.9. The highest BCUT2D eigenvalue weighted by Crippen LogP contribution is 2.30. The van der Waals surface area contributed by atoms with Crippen LogP contribution in [0.2, 0.25) is 0 Å². The summed E-state index contributed by atoms with van der Waals surface area (Å²) in [6.45, 7) is 6.57. The fourth-order valence-corrected chi connectivity index (χ4v) is 2.87. The molecule has 3 heteroatoms. The summed E-state index contributed by atoms with van der Waals surface area (Å²) < 4.78 is 1.22. The first-order valence-electron chi connectivity index (χ1n) is 4.77. The summed E-state index contributed by atoms with van der Waals surface area (Å²) in [7, 11) is 0. The molecule has 0 aliphatic rings. The molecule has 1 aromatic heterocycles. The Balaban J connectivity index is 2.46. The van der Waals surface area contributed by atoms with Gasteiger partial charge in [0, 0.05) is 14.7 Å². The molecule has 0 radical (unpaired) electrons. The minimum atomic E-state index is 0.200. The molecular weight excluding hydrogens is 280 g/mol. The van der Waals surface area contributed by atoms with Crippen molar-refractivity contribution in [2.45, 2.75) is 39.0 Å². The molecule has 0 nitrogen and oxygen atoms in total. The van der Waals surface area contributed by atoms with E-state index in [0.717, 1.165) is 12.8 Å². The Kier molecular flexibility index (Phi) is 4.48. The third kappa shape index (κ3) is 3.56. The molecule has 0 N–H and O–H groups in total. The highest BCUT2D eigenvalue weighted by Gasteiger charge is 2.22. The minimum absolute atomic E-state index is 0.200. The first-order chi connectivity index (χ1) is 6.41. The fourth-order valence-electron chi connectivity index (χ4n) is 1.19. The van der Waals surface area contributed by atoms with Crippen LogP contribution in [-0.4, -0.2) is 5.38 Å². The van der Waals surface area contributed by atoms with Gasteiger partial charge in [0.15, 0.2) is 0 Å². The lowest BCUT2D eigenvalue weighted by molar-refractivity contribution is 0.374. The second kappa shape index (κ2) is 5.00. The quantitative estimate of drug-likeness (QED) is 0.681. The Bertz CT molecular complexity index is 288. The van der Waals surface area contributed by atoms with Gasteiger partial charge in [0.05, 0.1) is 0 Å². The molecule has 0 amide bonds. The van der Waals surface area contributed by atoms with E-state index in [1.54, 1.807) is 11.3 Å². The van der Waals surface area contributed by atoms with Gasteiger partial charge in [-0.2, -0.15) is 0 Å². The zero-order valence-electron chi connectivity index (χ0n) is 8.81. The summed E-state index contributed by atoms with van der Waals surface area (Å²) in [5.74, 6) is 0. The van der Waals surface area contributed by atoms with Crippen LogP contribution in [0.1, 0.15) is 32.1 Å². The van der Waals surface area contributed by atoms with Gasteiger partial charge in [-0.25, -0.2) is 0 Å². The van der Waals surface area contributed by atoms with Gasteiger partial charge in [0.2, 0.25) is 0 Å². The predicted octanol–water partition coefficient (Wildman–Crippen LogP) is 5.10. The standard InChI is InChI=1S/C11H16BrClS/c1-11(2,3)10(13)5-4-9-8(12)6-7-14-9/h6-7,10H,4-5H2,1-3H3. The molecular formula is C11H16BrClS. The molecule has 14 heavy (non-hydrogen) atoms. The Hall–Kier alpha value is 0.470. The number of halogens is 2. The van der Waals surface area contributed by atoms with Crippen LogP contribution in [0.3, 0.4) is 0 Å². The van der Waals surface area contributed by atoms with Crippen LogP contribution in [-0.2, 0) is 6.42 Å². The predicted molar refractivity (Wildman–Crippen MR) is 69.4 cm³/mol. The molecule has 0 bridgehead atoms. The molecule has 1 aromatic rings. The van der Waals surface area contributed by atoms with Crippen LogP contribution in [0.5, 0.6) is 0 Å². The SMILES string of the molecule is CC(C)(C)C(Cl)CCc1sccc1Br. The van der Waals surface area contributed by atoms with Crippen molar-refractivity contribution in [3.05, 3.63) is 20.8 Å². The third-order valence-corrected chi connectivity index (χ3v) is 5.11. The van der Waals surface area contributed by atoms with Crippen LogP contribution in [0, 0.1) is 5.41 Å². The van der Waals surface area contributed by atoms with Crippen LogP contribution in [0.15, 0.2) is 15.9 Å². The maximum atomic E-state index is 6.32. The van der Waals surface area contributed by atoms with Crippen molar-refractivity contribution in [3.63, 3.8) is 0 Å². The fraction of sp³-hybridized carbons (Fsp3) is 0.636. The van der Waals surface area contributed by atoms with Crippen molar-refractivity contribution in [1.82, 2.24) is 0 Å².